The molecule has 0 aliphatic carbocycles. The molecule has 25 N–H and O–H groups in total. The zero-order chi connectivity index (χ0) is 64.9. The van der Waals surface area contributed by atoms with Gasteiger partial charge in [0, 0.05) is 25.7 Å². The van der Waals surface area contributed by atoms with E-state index in [-0.39, 0.29) is 45.2 Å². The summed E-state index contributed by atoms with van der Waals surface area (Å²) in [5.74, 6) is -16.8. The van der Waals surface area contributed by atoms with E-state index < -0.39 is 213 Å². The number of primary amides is 2. The molecule has 11 amide bonds. The molecule has 0 saturated carbocycles. The molecule has 0 saturated heterocycles. The molecule has 0 unspecified atom stereocenters. The van der Waals surface area contributed by atoms with Gasteiger partial charge in [0.1, 0.15) is 54.4 Å². The Hall–Kier alpha value is -7.62. The summed E-state index contributed by atoms with van der Waals surface area (Å²) in [6.07, 6.45) is -2.12. The van der Waals surface area contributed by atoms with E-state index in [9.17, 15) is 87.5 Å². The summed E-state index contributed by atoms with van der Waals surface area (Å²) in [7, 11) is 0. The van der Waals surface area contributed by atoms with Crippen LogP contribution in [-0.4, -0.2) is 190 Å². The number of carboxylic acids is 3. The molecule has 85 heavy (non-hydrogen) atoms. The lowest BCUT2D eigenvalue weighted by atomic mass is 9.98. The number of aliphatic hydroxyl groups is 1. The first-order chi connectivity index (χ1) is 40.0. The van der Waals surface area contributed by atoms with Crippen LogP contribution in [0, 0.1) is 11.8 Å². The number of hydrogen-bond donors (Lipinski definition) is 19. The van der Waals surface area contributed by atoms with Crippen LogP contribution in [-0.2, 0) is 67.1 Å². The number of aliphatic hydroxyl groups excluding tert-OH is 1. The Morgan fingerprint density at radius 1 is 0.376 bits per heavy atom. The molecule has 0 aliphatic heterocycles. The van der Waals surface area contributed by atoms with Crippen molar-refractivity contribution in [1.82, 2.24) is 47.9 Å². The van der Waals surface area contributed by atoms with Gasteiger partial charge in [-0.3, -0.25) is 62.3 Å². The number of unbranched alkanes of at least 4 members (excludes halogenated alkanes) is 3. The van der Waals surface area contributed by atoms with Crippen LogP contribution in [0.5, 0.6) is 0 Å². The summed E-state index contributed by atoms with van der Waals surface area (Å²) < 4.78 is 0. The standard InChI is InChI=1S/C52H93N15O18/c1-5-28(4)42(52(84)85)67-48(80)31(14-8-11-25-55)60-45(77)32(15-19-37(57)69)61-47(79)35(18-22-40(73)74)64-51(83)41(27(2)3)66-49(81)33(16-20-38(58)70)62-44(76)30(13-7-10-24-54)59-46(78)34(17-21-39(71)72)63-50(82)36(26-68)65-43(75)29(56)12-6-9-23-53/h27-36,41-42,68H,5-26,53-56H2,1-4H3,(H2,57,69)(H2,58,70)(H,59,78)(H,60,77)(H,61,79)(H,62,76)(H,63,82)(H,64,83)(H,65,75)(H,66,81)(H,67,80)(H,71,72)(H,73,74)(H,84,85)/t28-,29-,30-,31-,32-,33-,34-,35-,36-,41-,42-/m0/s1. The van der Waals surface area contributed by atoms with Crippen LogP contribution in [0.4, 0.5) is 0 Å². The number of carboxylic acid groups (broad SMARTS) is 3. The van der Waals surface area contributed by atoms with E-state index in [2.05, 4.69) is 47.9 Å². The van der Waals surface area contributed by atoms with E-state index in [0.29, 0.717) is 38.6 Å². The molecule has 0 aliphatic rings. The highest BCUT2D eigenvalue weighted by Crippen LogP contribution is 2.13. The van der Waals surface area contributed by atoms with Crippen LogP contribution in [0.3, 0.4) is 0 Å². The summed E-state index contributed by atoms with van der Waals surface area (Å²) in [5.41, 5.74) is 33.5. The first kappa shape index (κ1) is 77.4. The van der Waals surface area contributed by atoms with Gasteiger partial charge in [-0.15, -0.1) is 0 Å². The maximum absolute atomic E-state index is 14.2. The van der Waals surface area contributed by atoms with Crippen molar-refractivity contribution in [2.75, 3.05) is 26.2 Å². The lowest BCUT2D eigenvalue weighted by molar-refractivity contribution is -0.144. The van der Waals surface area contributed by atoms with Gasteiger partial charge in [-0.05, 0) is 109 Å². The van der Waals surface area contributed by atoms with Crippen LogP contribution in [0.25, 0.3) is 0 Å². The molecule has 0 fully saturated rings. The Labute approximate surface area is 493 Å². The van der Waals surface area contributed by atoms with E-state index >= 15 is 0 Å². The molecule has 11 atom stereocenters. The average molecular weight is 1220 g/mol. The van der Waals surface area contributed by atoms with Gasteiger partial charge < -0.3 is 103 Å². The lowest BCUT2D eigenvalue weighted by Crippen LogP contribution is -2.61. The van der Waals surface area contributed by atoms with Gasteiger partial charge in [-0.25, -0.2) is 4.79 Å². The molecule has 0 aromatic rings. The summed E-state index contributed by atoms with van der Waals surface area (Å²) in [5, 5.41) is 60.4. The van der Waals surface area contributed by atoms with Gasteiger partial charge in [-0.1, -0.05) is 40.5 Å². The molecule has 0 radical (unpaired) electrons. The topological polar surface area (TPSA) is 584 Å². The maximum Gasteiger partial charge on any atom is 0.326 e. The van der Waals surface area contributed by atoms with Crippen molar-refractivity contribution in [3.63, 3.8) is 0 Å². The van der Waals surface area contributed by atoms with E-state index in [0.717, 1.165) is 0 Å². The van der Waals surface area contributed by atoms with Gasteiger partial charge in [0.25, 0.3) is 0 Å². The number of aliphatic carboxylic acids is 3. The number of hydrogen-bond acceptors (Lipinski definition) is 19. The van der Waals surface area contributed by atoms with Gasteiger partial charge in [0.15, 0.2) is 0 Å². The van der Waals surface area contributed by atoms with Crippen LogP contribution in [0.1, 0.15) is 143 Å². The van der Waals surface area contributed by atoms with Crippen molar-refractivity contribution < 1.29 is 87.5 Å². The van der Waals surface area contributed by atoms with Crippen molar-refractivity contribution in [3.8, 4) is 0 Å². The van der Waals surface area contributed by atoms with E-state index in [4.69, 9.17) is 34.4 Å². The second kappa shape index (κ2) is 42.2. The third kappa shape index (κ3) is 31.7. The monoisotopic (exact) mass is 1220 g/mol. The average Bonchev–Trinajstić information content (AvgIpc) is 3.64. The Bertz CT molecular complexity index is 2240. The largest absolute Gasteiger partial charge is 0.481 e. The molecule has 0 rings (SSSR count). The first-order valence-corrected chi connectivity index (χ1v) is 28.4. The lowest BCUT2D eigenvalue weighted by Gasteiger charge is -2.29. The van der Waals surface area contributed by atoms with E-state index in [1.165, 1.54) is 13.8 Å². The van der Waals surface area contributed by atoms with Gasteiger partial charge >= 0.3 is 17.9 Å². The smallest absolute Gasteiger partial charge is 0.326 e. The van der Waals surface area contributed by atoms with E-state index in [1.54, 1.807) is 13.8 Å². The Morgan fingerprint density at radius 3 is 0.976 bits per heavy atom. The highest BCUT2D eigenvalue weighted by atomic mass is 16.4. The number of carbonyl (C=O) groups is 14. The molecule has 0 aromatic heterocycles. The van der Waals surface area contributed by atoms with Crippen LogP contribution < -0.4 is 82.3 Å². The van der Waals surface area contributed by atoms with Crippen molar-refractivity contribution >= 4 is 82.9 Å². The summed E-state index contributed by atoms with van der Waals surface area (Å²) in [6.45, 7) is 5.92. The van der Waals surface area contributed by atoms with E-state index in [1.807, 2.05) is 0 Å². The van der Waals surface area contributed by atoms with Crippen LogP contribution in [0.15, 0.2) is 0 Å². The van der Waals surface area contributed by atoms with Gasteiger partial charge in [-0.2, -0.15) is 0 Å². The first-order valence-electron chi connectivity index (χ1n) is 28.4. The second-order valence-electron chi connectivity index (χ2n) is 20.9. The molecule has 484 valence electrons. The zero-order valence-corrected chi connectivity index (χ0v) is 49.0. The SMILES string of the molecule is CC[C@H](C)[C@H](NC(=O)[C@H](CCCCN)NC(=O)[C@H](CCC(N)=O)NC(=O)[C@H](CCC(=O)O)NC(=O)[C@@H](NC(=O)[C@H](CCC(N)=O)NC(=O)[C@H](CCCCN)NC(=O)[C@H](CCC(=O)O)NC(=O)[C@H](CO)NC(=O)[C@@H](N)CCCCN)C(C)C)C(=O)O. The molecule has 33 nitrogen and oxygen atoms in total. The molecule has 0 bridgehead atoms. The third-order valence-corrected chi connectivity index (χ3v) is 13.5. The third-order valence-electron chi connectivity index (χ3n) is 13.5. The predicted molar refractivity (Wildman–Crippen MR) is 304 cm³/mol. The molecule has 0 heterocycles. The Balaban J connectivity index is 6.96. The van der Waals surface area contributed by atoms with Crippen LogP contribution >= 0.6 is 0 Å². The predicted octanol–water partition coefficient (Wildman–Crippen LogP) is -5.90. The summed E-state index contributed by atoms with van der Waals surface area (Å²) in [4.78, 5) is 184. The van der Waals surface area contributed by atoms with Crippen molar-refractivity contribution in [2.24, 2.45) is 46.2 Å². The molecule has 0 aromatic carbocycles. The van der Waals surface area contributed by atoms with Crippen molar-refractivity contribution in [2.45, 2.75) is 204 Å². The number of rotatable bonds is 47. The number of nitrogens with two attached hydrogens (primary N) is 6. The van der Waals surface area contributed by atoms with Gasteiger partial charge in [0.05, 0.1) is 12.6 Å². The van der Waals surface area contributed by atoms with Crippen LogP contribution in [0.2, 0.25) is 0 Å². The zero-order valence-electron chi connectivity index (χ0n) is 49.0. The highest BCUT2D eigenvalue weighted by molar-refractivity contribution is 5.99. The molecular weight excluding hydrogens is 1120 g/mol. The van der Waals surface area contributed by atoms with Gasteiger partial charge in [0.2, 0.25) is 65.0 Å². The molecular formula is C52H93N15O18. The normalized spacial score (nSPS) is 15.0. The minimum atomic E-state index is -1.78. The van der Waals surface area contributed by atoms with Crippen molar-refractivity contribution in [3.05, 3.63) is 0 Å². The fourth-order valence-corrected chi connectivity index (χ4v) is 8.17. The summed E-state index contributed by atoms with van der Waals surface area (Å²) in [6, 6.07) is -15.5. The molecule has 33 heteroatoms. The van der Waals surface area contributed by atoms with Crippen molar-refractivity contribution in [1.29, 1.82) is 0 Å². The fraction of sp³-hybridized carbons (Fsp3) is 0.731. The fourth-order valence-electron chi connectivity index (χ4n) is 8.17. The highest BCUT2D eigenvalue weighted by Gasteiger charge is 2.37. The Kier molecular flexibility index (Phi) is 38.4. The summed E-state index contributed by atoms with van der Waals surface area (Å²) >= 11 is 0. The Morgan fingerprint density at radius 2 is 0.671 bits per heavy atom. The minimum Gasteiger partial charge on any atom is -0.481 e. The quantitative estimate of drug-likeness (QED) is 0.0252. The maximum atomic E-state index is 14.2. The number of carbonyl (C=O) groups excluding carboxylic acids is 11. The number of amides is 11. The minimum absolute atomic E-state index is 0.0424. The second-order valence-corrected chi connectivity index (χ2v) is 20.9. The molecule has 0 spiro atoms. The number of nitrogens with one attached hydrogen (secondary N) is 9.